The maximum Gasteiger partial charge on any atom is 0.108 e. The Hall–Kier alpha value is 0.440. The van der Waals surface area contributed by atoms with Gasteiger partial charge in [-0.3, -0.25) is 8.42 Å². The molecule has 4 heterocycles. The van der Waals surface area contributed by atoms with E-state index in [0.29, 0.717) is 35.9 Å². The van der Waals surface area contributed by atoms with Gasteiger partial charge >= 0.3 is 0 Å². The van der Waals surface area contributed by atoms with E-state index in [-0.39, 0.29) is 11.1 Å². The van der Waals surface area contributed by atoms with Crippen LogP contribution in [0.1, 0.15) is 51.7 Å². The van der Waals surface area contributed by atoms with Gasteiger partial charge < -0.3 is 9.13 Å². The molecule has 2 aromatic rings. The van der Waals surface area contributed by atoms with Crippen molar-refractivity contribution in [1.29, 1.82) is 0 Å². The highest BCUT2D eigenvalue weighted by molar-refractivity contribution is 8.00. The summed E-state index contributed by atoms with van der Waals surface area (Å²) in [6.45, 7) is 8.53. The first-order chi connectivity index (χ1) is 17.8. The minimum absolute atomic E-state index is 0.298. The van der Waals surface area contributed by atoms with Gasteiger partial charge in [-0.15, -0.1) is 48.8 Å². The fourth-order valence-corrected chi connectivity index (χ4v) is 13.1. The summed E-state index contributed by atoms with van der Waals surface area (Å²) < 4.78 is 31.6. The molecule has 4 rings (SSSR count). The van der Waals surface area contributed by atoms with Crippen LogP contribution in [0.15, 0.2) is 32.0 Å². The summed E-state index contributed by atoms with van der Waals surface area (Å²) in [4.78, 5) is 2.48. The molecule has 4 nitrogen and oxygen atoms in total. The normalized spacial score (nSPS) is 16.9. The Morgan fingerprint density at radius 2 is 1.13 bits per heavy atom. The zero-order chi connectivity index (χ0) is 27.8. The van der Waals surface area contributed by atoms with Crippen molar-refractivity contribution in [3.8, 4) is 0 Å². The Bertz CT molecular complexity index is 1290. The highest BCUT2D eigenvalue weighted by Gasteiger charge is 2.29. The second-order valence-corrected chi connectivity index (χ2v) is 18.3. The van der Waals surface area contributed by atoms with Crippen LogP contribution in [0.25, 0.3) is 0 Å². The molecule has 2 unspecified atom stereocenters. The van der Waals surface area contributed by atoms with Gasteiger partial charge in [0, 0.05) is 77.0 Å². The number of thiol groups is 2. The number of pyridine rings is 2. The maximum atomic E-state index is 12.9. The summed E-state index contributed by atoms with van der Waals surface area (Å²) in [6.07, 6.45) is 3.44. The minimum Gasteiger partial charge on any atom is -0.322 e. The molecule has 0 amide bonds. The lowest BCUT2D eigenvalue weighted by atomic mass is 10.0. The molecule has 0 saturated carbocycles. The van der Waals surface area contributed by atoms with Crippen LogP contribution in [0.5, 0.6) is 0 Å². The standard InChI is InChI=1S/C26H36N2O2S8/c1-25(2,27-21(31)15-19-17(23(27)33)5-9-35-19)7-11-37(29)13-14-38(30)12-8-26(3,4)28-22(32)16-20-18(24(28)34)6-10-36-20/h15-16,33-34H,5-14H2,1-4H3. The Morgan fingerprint density at radius 3 is 1.50 bits per heavy atom. The number of aromatic nitrogens is 2. The van der Waals surface area contributed by atoms with Gasteiger partial charge in [-0.1, -0.05) is 24.4 Å². The first-order valence-electron chi connectivity index (χ1n) is 12.7. The van der Waals surface area contributed by atoms with Gasteiger partial charge in [0.05, 0.1) is 10.1 Å². The van der Waals surface area contributed by atoms with Crippen LogP contribution in [0.3, 0.4) is 0 Å². The van der Waals surface area contributed by atoms with Crippen molar-refractivity contribution in [1.82, 2.24) is 9.13 Å². The highest BCUT2D eigenvalue weighted by Crippen LogP contribution is 2.39. The van der Waals surface area contributed by atoms with Crippen LogP contribution in [-0.4, -0.2) is 52.1 Å². The summed E-state index contributed by atoms with van der Waals surface area (Å²) in [7, 11) is -2.09. The monoisotopic (exact) mass is 664 g/mol. The van der Waals surface area contributed by atoms with Crippen molar-refractivity contribution in [2.75, 3.05) is 34.5 Å². The van der Waals surface area contributed by atoms with Gasteiger partial charge in [0.25, 0.3) is 0 Å². The van der Waals surface area contributed by atoms with E-state index >= 15 is 0 Å². The number of thioether (sulfide) groups is 2. The zero-order valence-electron chi connectivity index (χ0n) is 22.3. The topological polar surface area (TPSA) is 44.0 Å². The molecule has 38 heavy (non-hydrogen) atoms. The van der Waals surface area contributed by atoms with Crippen LogP contribution in [0.2, 0.25) is 0 Å². The zero-order valence-corrected chi connectivity index (χ0v) is 29.0. The van der Waals surface area contributed by atoms with E-state index in [9.17, 15) is 8.42 Å². The van der Waals surface area contributed by atoms with Crippen molar-refractivity contribution in [2.24, 2.45) is 0 Å². The van der Waals surface area contributed by atoms with Gasteiger partial charge in [-0.2, -0.15) is 0 Å². The third-order valence-corrected chi connectivity index (χ3v) is 14.0. The van der Waals surface area contributed by atoms with Crippen molar-refractivity contribution < 1.29 is 8.42 Å². The quantitative estimate of drug-likeness (QED) is 0.198. The predicted molar refractivity (Wildman–Crippen MR) is 178 cm³/mol. The minimum atomic E-state index is -1.05. The lowest BCUT2D eigenvalue weighted by molar-refractivity contribution is 0.313. The lowest BCUT2D eigenvalue weighted by Crippen LogP contribution is -2.32. The molecule has 2 aliphatic rings. The smallest absolute Gasteiger partial charge is 0.108 e. The molecular formula is C26H36N2O2S8. The van der Waals surface area contributed by atoms with Crippen LogP contribution in [0, 0.1) is 9.28 Å². The second kappa shape index (κ2) is 12.8. The van der Waals surface area contributed by atoms with Crippen molar-refractivity contribution in [2.45, 2.75) is 84.3 Å². The third kappa shape index (κ3) is 6.90. The molecule has 210 valence electrons. The van der Waals surface area contributed by atoms with Crippen LogP contribution in [0.4, 0.5) is 0 Å². The number of hydrogen-bond donors (Lipinski definition) is 2. The van der Waals surface area contributed by atoms with Gasteiger partial charge in [0.15, 0.2) is 0 Å². The van der Waals surface area contributed by atoms with Crippen molar-refractivity contribution in [3.05, 3.63) is 32.5 Å². The lowest BCUT2D eigenvalue weighted by Gasteiger charge is -2.31. The first-order valence-corrected chi connectivity index (χ1v) is 19.4. The maximum absolute atomic E-state index is 12.9. The van der Waals surface area contributed by atoms with Crippen LogP contribution in [-0.2, 0) is 45.5 Å². The highest BCUT2D eigenvalue weighted by atomic mass is 32.2. The van der Waals surface area contributed by atoms with Crippen molar-refractivity contribution in [3.63, 3.8) is 0 Å². The average Bonchev–Trinajstić information content (AvgIpc) is 3.49. The fourth-order valence-electron chi connectivity index (χ4n) is 4.99. The molecule has 0 N–H and O–H groups in total. The molecule has 0 aliphatic carbocycles. The molecule has 2 atom stereocenters. The van der Waals surface area contributed by atoms with Crippen LogP contribution >= 0.6 is 73.2 Å². The summed E-state index contributed by atoms with van der Waals surface area (Å²) in [5, 5.41) is 1.87. The molecule has 2 aliphatic heterocycles. The second-order valence-electron chi connectivity index (χ2n) is 11.0. The first kappa shape index (κ1) is 31.4. The van der Waals surface area contributed by atoms with E-state index in [0.717, 1.165) is 43.7 Å². The van der Waals surface area contributed by atoms with E-state index in [1.165, 1.54) is 20.9 Å². The third-order valence-electron chi connectivity index (χ3n) is 7.36. The van der Waals surface area contributed by atoms with E-state index < -0.39 is 21.6 Å². The molecule has 0 bridgehead atoms. The van der Waals surface area contributed by atoms with Crippen molar-refractivity contribution >= 4 is 94.8 Å². The van der Waals surface area contributed by atoms with E-state index in [4.69, 9.17) is 49.7 Å². The summed E-state index contributed by atoms with van der Waals surface area (Å²) in [6, 6.07) is 4.16. The van der Waals surface area contributed by atoms with Crippen LogP contribution < -0.4 is 0 Å². The Kier molecular flexibility index (Phi) is 10.5. The molecule has 0 fully saturated rings. The largest absolute Gasteiger partial charge is 0.322 e. The Morgan fingerprint density at radius 1 is 0.763 bits per heavy atom. The predicted octanol–water partition coefficient (Wildman–Crippen LogP) is 7.07. The molecule has 0 spiro atoms. The van der Waals surface area contributed by atoms with E-state index in [1.807, 2.05) is 23.5 Å². The molecule has 12 heteroatoms. The number of hydrogen-bond acceptors (Lipinski definition) is 8. The van der Waals surface area contributed by atoms with Gasteiger partial charge in [-0.05, 0) is 76.6 Å². The number of rotatable bonds is 11. The van der Waals surface area contributed by atoms with Gasteiger partial charge in [0.2, 0.25) is 0 Å². The summed E-state index contributed by atoms with van der Waals surface area (Å²) in [5.41, 5.74) is 1.94. The Balaban J connectivity index is 1.30. The van der Waals surface area contributed by atoms with Gasteiger partial charge in [0.1, 0.15) is 9.28 Å². The number of fused-ring (bicyclic) bond motifs is 2. The SMILES string of the molecule is CC(C)(CCS(=O)CCS(=O)CCC(C)(C)n1c(S)c2c(cc1=S)SCC2)n1c(S)c2c(cc1=S)SCC2. The van der Waals surface area contributed by atoms with Gasteiger partial charge in [-0.25, -0.2) is 0 Å². The molecule has 0 aromatic carbocycles. The van der Waals surface area contributed by atoms with E-state index in [1.54, 1.807) is 0 Å². The molecule has 2 aromatic heterocycles. The molecule has 0 radical (unpaired) electrons. The Labute approximate surface area is 261 Å². The summed E-state index contributed by atoms with van der Waals surface area (Å²) >= 11 is 24.7. The van der Waals surface area contributed by atoms with E-state index in [2.05, 4.69) is 49.0 Å². The average molecular weight is 665 g/mol. The summed E-state index contributed by atoms with van der Waals surface area (Å²) in [5.74, 6) is 4.10. The molecular weight excluding hydrogens is 629 g/mol. The number of nitrogens with zero attached hydrogens (tertiary/aromatic N) is 2. The fraction of sp³-hybridized carbons (Fsp3) is 0.615. The molecule has 0 saturated heterocycles.